The zero-order valence-corrected chi connectivity index (χ0v) is 18.4. The molecule has 25 heavy (non-hydrogen) atoms. The molecule has 0 saturated heterocycles. The molecular formula is C23H30IrN-. The van der Waals surface area contributed by atoms with E-state index in [1.807, 2.05) is 12.3 Å². The number of hydrogen-bond acceptors (Lipinski definition) is 1. The molecule has 0 spiro atoms. The minimum atomic E-state index is 0. The van der Waals surface area contributed by atoms with Crippen molar-refractivity contribution in [1.82, 2.24) is 4.98 Å². The third kappa shape index (κ3) is 3.36. The molecule has 1 aliphatic rings. The van der Waals surface area contributed by atoms with Crippen molar-refractivity contribution in [3.05, 3.63) is 53.7 Å². The maximum absolute atomic E-state index is 4.54. The van der Waals surface area contributed by atoms with Crippen LogP contribution in [0.15, 0.2) is 36.5 Å². The Kier molecular flexibility index (Phi) is 6.62. The molecule has 2 heteroatoms. The van der Waals surface area contributed by atoms with E-state index in [0.29, 0.717) is 10.8 Å². The van der Waals surface area contributed by atoms with Crippen molar-refractivity contribution >= 4 is 0 Å². The van der Waals surface area contributed by atoms with Crippen LogP contribution in [0.2, 0.25) is 0 Å². The van der Waals surface area contributed by atoms with Crippen LogP contribution in [0.25, 0.3) is 11.3 Å². The van der Waals surface area contributed by atoms with Gasteiger partial charge in [-0.2, -0.15) is 0 Å². The van der Waals surface area contributed by atoms with E-state index < -0.39 is 0 Å². The van der Waals surface area contributed by atoms with Crippen LogP contribution in [0.3, 0.4) is 0 Å². The SMILES string of the molecule is CCC1(CC)CCC(CC)(CC)c2cc(-c3ccccn3)[c-]cc21.[Ir]. The monoisotopic (exact) mass is 513 g/mol. The fourth-order valence-corrected chi connectivity index (χ4v) is 4.76. The molecule has 137 valence electrons. The van der Waals surface area contributed by atoms with E-state index >= 15 is 0 Å². The van der Waals surface area contributed by atoms with Crippen molar-refractivity contribution in [3.8, 4) is 11.3 Å². The molecular weight excluding hydrogens is 482 g/mol. The first-order chi connectivity index (χ1) is 11.6. The smallest absolute Gasteiger partial charge is 0.0160 e. The van der Waals surface area contributed by atoms with E-state index in [2.05, 4.69) is 63.0 Å². The number of nitrogens with zero attached hydrogens (tertiary/aromatic N) is 1. The summed E-state index contributed by atoms with van der Waals surface area (Å²) in [5, 5.41) is 0. The van der Waals surface area contributed by atoms with E-state index in [4.69, 9.17) is 0 Å². The number of aromatic nitrogens is 1. The standard InChI is InChI=1S/C23H30N.Ir/c1-5-22(6-2)14-15-23(7-3,8-4)20-17-18(12-13-19(20)22)21-11-9-10-16-24-21;/h9-11,13,16-17H,5-8,14-15H2,1-4H3;/q-1;. The summed E-state index contributed by atoms with van der Waals surface area (Å²) in [5.41, 5.74) is 5.96. The first-order valence-electron chi connectivity index (χ1n) is 9.62. The van der Waals surface area contributed by atoms with Gasteiger partial charge in [-0.05, 0) is 41.9 Å². The van der Waals surface area contributed by atoms with Crippen molar-refractivity contribution < 1.29 is 20.1 Å². The number of rotatable bonds is 5. The van der Waals surface area contributed by atoms with E-state index in [-0.39, 0.29) is 20.1 Å². The molecule has 1 aromatic carbocycles. The molecule has 2 aromatic rings. The van der Waals surface area contributed by atoms with Crippen molar-refractivity contribution in [2.45, 2.75) is 77.0 Å². The fraction of sp³-hybridized carbons (Fsp3) is 0.522. The van der Waals surface area contributed by atoms with Crippen LogP contribution in [-0.4, -0.2) is 4.98 Å². The summed E-state index contributed by atoms with van der Waals surface area (Å²) >= 11 is 0. The third-order valence-electron chi connectivity index (χ3n) is 6.82. The molecule has 0 bridgehead atoms. The van der Waals surface area contributed by atoms with Crippen LogP contribution in [0.1, 0.15) is 77.3 Å². The van der Waals surface area contributed by atoms with Gasteiger partial charge < -0.3 is 4.98 Å². The van der Waals surface area contributed by atoms with E-state index in [9.17, 15) is 0 Å². The Balaban J connectivity index is 0.00000225. The predicted molar refractivity (Wildman–Crippen MR) is 102 cm³/mol. The van der Waals surface area contributed by atoms with Gasteiger partial charge in [0, 0.05) is 26.3 Å². The van der Waals surface area contributed by atoms with Gasteiger partial charge in [-0.15, -0.1) is 34.9 Å². The van der Waals surface area contributed by atoms with Gasteiger partial charge in [0.05, 0.1) is 0 Å². The molecule has 0 saturated carbocycles. The van der Waals surface area contributed by atoms with Crippen molar-refractivity contribution in [3.63, 3.8) is 0 Å². The van der Waals surface area contributed by atoms with E-state index in [0.717, 1.165) is 11.3 Å². The molecule has 1 heterocycles. The van der Waals surface area contributed by atoms with Gasteiger partial charge in [-0.3, -0.25) is 0 Å². The van der Waals surface area contributed by atoms with Crippen LogP contribution >= 0.6 is 0 Å². The van der Waals surface area contributed by atoms with E-state index in [1.165, 1.54) is 38.5 Å². The number of pyridine rings is 1. The number of fused-ring (bicyclic) bond motifs is 1. The van der Waals surface area contributed by atoms with Crippen LogP contribution in [-0.2, 0) is 30.9 Å². The summed E-state index contributed by atoms with van der Waals surface area (Å²) in [7, 11) is 0. The van der Waals surface area contributed by atoms with Crippen LogP contribution in [0.4, 0.5) is 0 Å². The summed E-state index contributed by atoms with van der Waals surface area (Å²) in [6, 6.07) is 14.4. The minimum Gasteiger partial charge on any atom is -0.305 e. The second-order valence-electron chi connectivity index (χ2n) is 7.36. The predicted octanol–water partition coefficient (Wildman–Crippen LogP) is 6.46. The Morgan fingerprint density at radius 2 is 1.52 bits per heavy atom. The molecule has 0 aliphatic heterocycles. The molecule has 3 rings (SSSR count). The zero-order valence-electron chi connectivity index (χ0n) is 16.0. The molecule has 0 amide bonds. The molecule has 1 aromatic heterocycles. The second kappa shape index (κ2) is 8.14. The zero-order chi connectivity index (χ0) is 17.2. The Morgan fingerprint density at radius 1 is 0.920 bits per heavy atom. The Hall–Kier alpha value is -0.981. The molecule has 1 radical (unpaired) electrons. The van der Waals surface area contributed by atoms with Gasteiger partial charge in [-0.25, -0.2) is 0 Å². The van der Waals surface area contributed by atoms with E-state index in [1.54, 1.807) is 11.1 Å². The third-order valence-corrected chi connectivity index (χ3v) is 6.82. The summed E-state index contributed by atoms with van der Waals surface area (Å²) < 4.78 is 0. The van der Waals surface area contributed by atoms with Crippen LogP contribution in [0.5, 0.6) is 0 Å². The van der Waals surface area contributed by atoms with Gasteiger partial charge in [0.15, 0.2) is 0 Å². The maximum atomic E-state index is 4.54. The molecule has 0 fully saturated rings. The molecule has 1 nitrogen and oxygen atoms in total. The van der Waals surface area contributed by atoms with Crippen LogP contribution in [0, 0.1) is 6.07 Å². The van der Waals surface area contributed by atoms with Crippen molar-refractivity contribution in [2.75, 3.05) is 0 Å². The van der Waals surface area contributed by atoms with Gasteiger partial charge in [0.1, 0.15) is 0 Å². The fourth-order valence-electron chi connectivity index (χ4n) is 4.76. The second-order valence-corrected chi connectivity index (χ2v) is 7.36. The average molecular weight is 513 g/mol. The number of hydrogen-bond donors (Lipinski definition) is 0. The Morgan fingerprint density at radius 3 is 2.04 bits per heavy atom. The van der Waals surface area contributed by atoms with Crippen LogP contribution < -0.4 is 0 Å². The number of benzene rings is 1. The van der Waals surface area contributed by atoms with Gasteiger partial charge in [0.2, 0.25) is 0 Å². The molecule has 0 N–H and O–H groups in total. The summed E-state index contributed by atoms with van der Waals surface area (Å²) in [6.07, 6.45) is 9.36. The topological polar surface area (TPSA) is 12.9 Å². The first-order valence-corrected chi connectivity index (χ1v) is 9.62. The average Bonchev–Trinajstić information content (AvgIpc) is 2.67. The Bertz CT molecular complexity index is 684. The summed E-state index contributed by atoms with van der Waals surface area (Å²) in [4.78, 5) is 4.54. The van der Waals surface area contributed by atoms with Gasteiger partial charge in [0.25, 0.3) is 0 Å². The van der Waals surface area contributed by atoms with Crippen molar-refractivity contribution in [2.24, 2.45) is 0 Å². The summed E-state index contributed by atoms with van der Waals surface area (Å²) in [5.74, 6) is 0. The molecule has 0 atom stereocenters. The van der Waals surface area contributed by atoms with Crippen molar-refractivity contribution in [1.29, 1.82) is 0 Å². The quantitative estimate of drug-likeness (QED) is 0.419. The Labute approximate surface area is 167 Å². The maximum Gasteiger partial charge on any atom is 0.0160 e. The summed E-state index contributed by atoms with van der Waals surface area (Å²) in [6.45, 7) is 9.42. The van der Waals surface area contributed by atoms with Gasteiger partial charge >= 0.3 is 0 Å². The first kappa shape index (κ1) is 20.3. The molecule has 0 unspecified atom stereocenters. The molecule has 1 aliphatic carbocycles. The largest absolute Gasteiger partial charge is 0.305 e. The minimum absolute atomic E-state index is 0. The van der Waals surface area contributed by atoms with Gasteiger partial charge in [-0.1, -0.05) is 59.1 Å². The normalized spacial score (nSPS) is 17.4.